The summed E-state index contributed by atoms with van der Waals surface area (Å²) in [5, 5.41) is 9.46. The molecular formula is C10H20O5. The number of methoxy groups -OCH3 is 2. The molecule has 5 nitrogen and oxygen atoms in total. The minimum absolute atomic E-state index is 0.00740. The zero-order chi connectivity index (χ0) is 11.1. The molecule has 0 saturated heterocycles. The molecule has 0 heterocycles. The highest BCUT2D eigenvalue weighted by Crippen LogP contribution is 2.27. The van der Waals surface area contributed by atoms with E-state index in [0.717, 1.165) is 0 Å². The lowest BCUT2D eigenvalue weighted by atomic mass is 9.88. The third kappa shape index (κ3) is 4.04. The molecule has 0 aromatic heterocycles. The second-order valence-electron chi connectivity index (χ2n) is 3.53. The third-order valence-corrected chi connectivity index (χ3v) is 2.44. The molecule has 0 bridgehead atoms. The standard InChI is InChI=1S/C10H20O5/c1-12-3-5-14-9-7-8(11)10(9)15-6-4-13-2/h8-11H,3-7H2,1-2H3. The van der Waals surface area contributed by atoms with E-state index in [1.807, 2.05) is 0 Å². The largest absolute Gasteiger partial charge is 0.390 e. The molecule has 15 heavy (non-hydrogen) atoms. The van der Waals surface area contributed by atoms with Crippen molar-refractivity contribution in [2.75, 3.05) is 40.6 Å². The highest BCUT2D eigenvalue weighted by atomic mass is 16.6. The number of rotatable bonds is 8. The summed E-state index contributed by atoms with van der Waals surface area (Å²) in [5.74, 6) is 0. The molecule has 0 aliphatic heterocycles. The molecule has 1 rings (SSSR count). The van der Waals surface area contributed by atoms with Crippen molar-refractivity contribution in [3.8, 4) is 0 Å². The van der Waals surface area contributed by atoms with Crippen LogP contribution < -0.4 is 0 Å². The number of aliphatic hydroxyl groups excluding tert-OH is 1. The molecule has 0 aromatic rings. The van der Waals surface area contributed by atoms with E-state index in [0.29, 0.717) is 32.8 Å². The van der Waals surface area contributed by atoms with Crippen molar-refractivity contribution in [2.45, 2.75) is 24.7 Å². The quantitative estimate of drug-likeness (QED) is 0.575. The summed E-state index contributed by atoms with van der Waals surface area (Å²) in [4.78, 5) is 0. The van der Waals surface area contributed by atoms with Gasteiger partial charge in [-0.25, -0.2) is 0 Å². The Morgan fingerprint density at radius 1 is 1.00 bits per heavy atom. The summed E-state index contributed by atoms with van der Waals surface area (Å²) in [5.41, 5.74) is 0. The van der Waals surface area contributed by atoms with Gasteiger partial charge in [-0.05, 0) is 0 Å². The lowest BCUT2D eigenvalue weighted by molar-refractivity contribution is -0.198. The second kappa shape index (κ2) is 7.14. The Bertz CT molecular complexity index is 164. The van der Waals surface area contributed by atoms with Crippen molar-refractivity contribution in [3.63, 3.8) is 0 Å². The zero-order valence-corrected chi connectivity index (χ0v) is 9.35. The van der Waals surface area contributed by atoms with Crippen molar-refractivity contribution in [2.24, 2.45) is 0 Å². The molecule has 0 aromatic carbocycles. The van der Waals surface area contributed by atoms with Crippen molar-refractivity contribution >= 4 is 0 Å². The molecule has 1 saturated carbocycles. The first-order valence-corrected chi connectivity index (χ1v) is 5.18. The van der Waals surface area contributed by atoms with Gasteiger partial charge in [0, 0.05) is 20.6 Å². The topological polar surface area (TPSA) is 57.2 Å². The molecule has 1 aliphatic rings. The van der Waals surface area contributed by atoms with Gasteiger partial charge in [0.25, 0.3) is 0 Å². The van der Waals surface area contributed by atoms with Crippen LogP contribution in [-0.2, 0) is 18.9 Å². The maximum absolute atomic E-state index is 9.46. The van der Waals surface area contributed by atoms with E-state index >= 15 is 0 Å². The first-order chi connectivity index (χ1) is 7.29. The Hall–Kier alpha value is -0.200. The molecule has 0 radical (unpaired) electrons. The molecule has 3 atom stereocenters. The molecule has 1 aliphatic carbocycles. The van der Waals surface area contributed by atoms with Crippen molar-refractivity contribution < 1.29 is 24.1 Å². The minimum atomic E-state index is -0.408. The molecule has 5 heteroatoms. The minimum Gasteiger partial charge on any atom is -0.390 e. The van der Waals surface area contributed by atoms with E-state index < -0.39 is 6.10 Å². The van der Waals surface area contributed by atoms with Crippen LogP contribution in [0, 0.1) is 0 Å². The summed E-state index contributed by atoms with van der Waals surface area (Å²) < 4.78 is 20.6. The maximum atomic E-state index is 9.46. The van der Waals surface area contributed by atoms with Crippen LogP contribution in [-0.4, -0.2) is 64.1 Å². The molecular weight excluding hydrogens is 200 g/mol. The van der Waals surface area contributed by atoms with E-state index in [2.05, 4.69) is 0 Å². The molecule has 1 fully saturated rings. The number of hydrogen-bond donors (Lipinski definition) is 1. The third-order valence-electron chi connectivity index (χ3n) is 2.44. The molecule has 90 valence electrons. The SMILES string of the molecule is COCCOC1CC(O)C1OCCOC. The van der Waals surface area contributed by atoms with Gasteiger partial charge in [-0.3, -0.25) is 0 Å². The van der Waals surface area contributed by atoms with Crippen LogP contribution in [0.25, 0.3) is 0 Å². The molecule has 0 amide bonds. The summed E-state index contributed by atoms with van der Waals surface area (Å²) in [7, 11) is 3.25. The average molecular weight is 220 g/mol. The maximum Gasteiger partial charge on any atom is 0.110 e. The van der Waals surface area contributed by atoms with Crippen molar-refractivity contribution in [3.05, 3.63) is 0 Å². The second-order valence-corrected chi connectivity index (χ2v) is 3.53. The highest BCUT2D eigenvalue weighted by molar-refractivity contribution is 4.91. The van der Waals surface area contributed by atoms with E-state index in [-0.39, 0.29) is 12.2 Å². The fourth-order valence-electron chi connectivity index (χ4n) is 1.49. The van der Waals surface area contributed by atoms with E-state index in [1.165, 1.54) is 0 Å². The van der Waals surface area contributed by atoms with Crippen molar-refractivity contribution in [1.82, 2.24) is 0 Å². The van der Waals surface area contributed by atoms with Gasteiger partial charge in [0.2, 0.25) is 0 Å². The normalized spacial score (nSPS) is 30.2. The predicted molar refractivity (Wildman–Crippen MR) is 53.9 cm³/mol. The van der Waals surface area contributed by atoms with Gasteiger partial charge in [0.1, 0.15) is 6.10 Å². The monoisotopic (exact) mass is 220 g/mol. The smallest absolute Gasteiger partial charge is 0.110 e. The fourth-order valence-corrected chi connectivity index (χ4v) is 1.49. The summed E-state index contributed by atoms with van der Waals surface area (Å²) in [6, 6.07) is 0. The van der Waals surface area contributed by atoms with Crippen molar-refractivity contribution in [1.29, 1.82) is 0 Å². The number of ether oxygens (including phenoxy) is 4. The van der Waals surface area contributed by atoms with Gasteiger partial charge < -0.3 is 24.1 Å². The van der Waals surface area contributed by atoms with E-state index in [9.17, 15) is 5.11 Å². The Morgan fingerprint density at radius 3 is 2.13 bits per heavy atom. The van der Waals surface area contributed by atoms with Gasteiger partial charge in [-0.1, -0.05) is 0 Å². The van der Waals surface area contributed by atoms with Gasteiger partial charge in [-0.15, -0.1) is 0 Å². The summed E-state index contributed by atoms with van der Waals surface area (Å²) in [6.07, 6.45) is 0.0138. The lowest BCUT2D eigenvalue weighted by Gasteiger charge is -2.40. The molecule has 1 N–H and O–H groups in total. The summed E-state index contributed by atoms with van der Waals surface area (Å²) >= 11 is 0. The average Bonchev–Trinajstić information content (AvgIpc) is 2.23. The zero-order valence-electron chi connectivity index (χ0n) is 9.35. The van der Waals surface area contributed by atoms with Crippen LogP contribution in [0.3, 0.4) is 0 Å². The van der Waals surface area contributed by atoms with Crippen LogP contribution in [0.2, 0.25) is 0 Å². The first-order valence-electron chi connectivity index (χ1n) is 5.18. The van der Waals surface area contributed by atoms with Gasteiger partial charge in [-0.2, -0.15) is 0 Å². The van der Waals surface area contributed by atoms with Crippen LogP contribution in [0.4, 0.5) is 0 Å². The van der Waals surface area contributed by atoms with E-state index in [4.69, 9.17) is 18.9 Å². The Morgan fingerprint density at radius 2 is 1.60 bits per heavy atom. The summed E-state index contributed by atoms with van der Waals surface area (Å²) in [6.45, 7) is 2.13. The predicted octanol–water partition coefficient (Wildman–Crippen LogP) is -0.186. The molecule has 0 spiro atoms. The fraction of sp³-hybridized carbons (Fsp3) is 1.00. The van der Waals surface area contributed by atoms with Gasteiger partial charge in [0.15, 0.2) is 0 Å². The highest BCUT2D eigenvalue weighted by Gasteiger charge is 2.41. The first kappa shape index (κ1) is 12.9. The van der Waals surface area contributed by atoms with Crippen LogP contribution >= 0.6 is 0 Å². The lowest BCUT2D eigenvalue weighted by Crippen LogP contribution is -2.54. The Kier molecular flexibility index (Phi) is 6.12. The number of aliphatic hydroxyl groups is 1. The van der Waals surface area contributed by atoms with Crippen LogP contribution in [0.5, 0.6) is 0 Å². The Balaban J connectivity index is 2.10. The molecule has 3 unspecified atom stereocenters. The number of hydrogen-bond acceptors (Lipinski definition) is 5. The van der Waals surface area contributed by atoms with Gasteiger partial charge in [0.05, 0.1) is 38.6 Å². The van der Waals surface area contributed by atoms with E-state index in [1.54, 1.807) is 14.2 Å². The van der Waals surface area contributed by atoms with Crippen LogP contribution in [0.1, 0.15) is 6.42 Å². The Labute approximate surface area is 90.3 Å². The van der Waals surface area contributed by atoms with Gasteiger partial charge >= 0.3 is 0 Å². The van der Waals surface area contributed by atoms with Crippen LogP contribution in [0.15, 0.2) is 0 Å².